The number of nitrogens with one attached hydrogen (secondary N) is 1. The second-order valence-electron chi connectivity index (χ2n) is 6.90. The highest BCUT2D eigenvalue weighted by molar-refractivity contribution is 5.85. The molecule has 1 aromatic rings. The van der Waals surface area contributed by atoms with Crippen molar-refractivity contribution in [3.8, 4) is 0 Å². The molecule has 5 nitrogen and oxygen atoms in total. The predicted molar refractivity (Wildman–Crippen MR) is 88.9 cm³/mol. The molecule has 1 atom stereocenters. The van der Waals surface area contributed by atoms with Gasteiger partial charge in [-0.2, -0.15) is 0 Å². The minimum Gasteiger partial charge on any atom is -0.444 e. The molecule has 23 heavy (non-hydrogen) atoms. The molecule has 1 N–H and O–H groups in total. The van der Waals surface area contributed by atoms with Gasteiger partial charge < -0.3 is 10.1 Å². The summed E-state index contributed by atoms with van der Waals surface area (Å²) in [5.41, 5.74) is 0.392. The van der Waals surface area contributed by atoms with Gasteiger partial charge in [0.15, 0.2) is 0 Å². The van der Waals surface area contributed by atoms with E-state index in [4.69, 9.17) is 4.74 Å². The third-order valence-corrected chi connectivity index (χ3v) is 3.71. The van der Waals surface area contributed by atoms with Gasteiger partial charge in [-0.15, -0.1) is 0 Å². The number of nitrogens with zero attached hydrogens (tertiary/aromatic N) is 1. The minimum atomic E-state index is -0.590. The van der Waals surface area contributed by atoms with Gasteiger partial charge >= 0.3 is 6.09 Å². The molecule has 1 aliphatic heterocycles. The van der Waals surface area contributed by atoms with E-state index in [1.54, 1.807) is 4.90 Å². The van der Waals surface area contributed by atoms with E-state index in [9.17, 15) is 9.59 Å². The van der Waals surface area contributed by atoms with Crippen molar-refractivity contribution in [1.29, 1.82) is 0 Å². The van der Waals surface area contributed by atoms with Crippen LogP contribution < -0.4 is 5.32 Å². The Bertz CT molecular complexity index is 537. The highest BCUT2D eigenvalue weighted by Crippen LogP contribution is 2.19. The van der Waals surface area contributed by atoms with Crippen LogP contribution in [0.4, 0.5) is 4.79 Å². The van der Waals surface area contributed by atoms with E-state index in [0.717, 1.165) is 18.4 Å². The van der Waals surface area contributed by atoms with Crippen LogP contribution in [0.15, 0.2) is 30.3 Å². The molecule has 0 aliphatic carbocycles. The standard InChI is InChI=1S/C18H26N2O3/c1-18(2,3)23-17(22)20(13-14-9-5-4-6-10-14)15-11-7-8-12-19-16(15)21/h4-6,9-10,15H,7-8,11-13H2,1-3H3,(H,19,21)/t15-/m0/s1. The predicted octanol–water partition coefficient (Wildman–Crippen LogP) is 3.09. The summed E-state index contributed by atoms with van der Waals surface area (Å²) in [5, 5.41) is 2.89. The van der Waals surface area contributed by atoms with Crippen LogP contribution in [0.1, 0.15) is 45.6 Å². The average molecular weight is 318 g/mol. The zero-order valence-electron chi connectivity index (χ0n) is 14.2. The van der Waals surface area contributed by atoms with Crippen LogP contribution in [-0.2, 0) is 16.1 Å². The molecular weight excluding hydrogens is 292 g/mol. The Morgan fingerprint density at radius 2 is 1.96 bits per heavy atom. The first-order valence-corrected chi connectivity index (χ1v) is 8.18. The largest absolute Gasteiger partial charge is 0.444 e. The smallest absolute Gasteiger partial charge is 0.411 e. The molecule has 0 unspecified atom stereocenters. The molecule has 1 aromatic carbocycles. The second-order valence-corrected chi connectivity index (χ2v) is 6.90. The highest BCUT2D eigenvalue weighted by Gasteiger charge is 2.33. The van der Waals surface area contributed by atoms with E-state index < -0.39 is 17.7 Å². The Hall–Kier alpha value is -2.04. The normalized spacial score (nSPS) is 18.7. The lowest BCUT2D eigenvalue weighted by Crippen LogP contribution is -2.49. The van der Waals surface area contributed by atoms with Crippen LogP contribution >= 0.6 is 0 Å². The summed E-state index contributed by atoms with van der Waals surface area (Å²) in [6.07, 6.45) is 2.08. The van der Waals surface area contributed by atoms with Gasteiger partial charge in [-0.05, 0) is 45.6 Å². The van der Waals surface area contributed by atoms with E-state index >= 15 is 0 Å². The van der Waals surface area contributed by atoms with Crippen LogP contribution in [0.5, 0.6) is 0 Å². The third-order valence-electron chi connectivity index (χ3n) is 3.71. The molecule has 0 bridgehead atoms. The Labute approximate surface area is 138 Å². The lowest BCUT2D eigenvalue weighted by molar-refractivity contribution is -0.126. The fourth-order valence-electron chi connectivity index (χ4n) is 2.62. The molecule has 0 saturated carbocycles. The second kappa shape index (κ2) is 7.49. The molecule has 1 saturated heterocycles. The average Bonchev–Trinajstić information content (AvgIpc) is 2.69. The van der Waals surface area contributed by atoms with Crippen molar-refractivity contribution in [3.05, 3.63) is 35.9 Å². The van der Waals surface area contributed by atoms with Crippen LogP contribution in [0.25, 0.3) is 0 Å². The van der Waals surface area contributed by atoms with Gasteiger partial charge in [0.2, 0.25) is 5.91 Å². The third kappa shape index (κ3) is 5.27. The van der Waals surface area contributed by atoms with Crippen molar-refractivity contribution in [2.75, 3.05) is 6.54 Å². The molecule has 1 heterocycles. The number of carbonyl (C=O) groups is 2. The van der Waals surface area contributed by atoms with Crippen molar-refractivity contribution in [2.45, 2.75) is 58.2 Å². The van der Waals surface area contributed by atoms with Gasteiger partial charge in [0.05, 0.1) is 0 Å². The number of amides is 2. The molecule has 2 amide bonds. The first-order valence-electron chi connectivity index (χ1n) is 8.18. The van der Waals surface area contributed by atoms with Crippen molar-refractivity contribution in [1.82, 2.24) is 10.2 Å². The Morgan fingerprint density at radius 3 is 2.61 bits per heavy atom. The molecule has 0 aromatic heterocycles. The summed E-state index contributed by atoms with van der Waals surface area (Å²) in [7, 11) is 0. The maximum absolute atomic E-state index is 12.6. The maximum Gasteiger partial charge on any atom is 0.411 e. The van der Waals surface area contributed by atoms with Crippen LogP contribution in [0.3, 0.4) is 0 Å². The summed E-state index contributed by atoms with van der Waals surface area (Å²) in [6, 6.07) is 9.20. The van der Waals surface area contributed by atoms with Crippen molar-refractivity contribution in [2.24, 2.45) is 0 Å². The van der Waals surface area contributed by atoms with Gasteiger partial charge in [-0.1, -0.05) is 30.3 Å². The number of hydrogen-bond acceptors (Lipinski definition) is 3. The molecule has 5 heteroatoms. The maximum atomic E-state index is 12.6. The Morgan fingerprint density at radius 1 is 1.26 bits per heavy atom. The van der Waals surface area contributed by atoms with E-state index in [0.29, 0.717) is 19.5 Å². The number of carbonyl (C=O) groups excluding carboxylic acids is 2. The van der Waals surface area contributed by atoms with Gasteiger partial charge in [-0.3, -0.25) is 9.69 Å². The van der Waals surface area contributed by atoms with Gasteiger partial charge in [-0.25, -0.2) is 4.79 Å². The lowest BCUT2D eigenvalue weighted by atomic mass is 10.1. The van der Waals surface area contributed by atoms with Crippen LogP contribution in [-0.4, -0.2) is 35.1 Å². The SMILES string of the molecule is CC(C)(C)OC(=O)N(Cc1ccccc1)[C@H]1CCCCNC1=O. The lowest BCUT2D eigenvalue weighted by Gasteiger charge is -2.32. The summed E-state index contributed by atoms with van der Waals surface area (Å²) in [5.74, 6) is -0.0932. The highest BCUT2D eigenvalue weighted by atomic mass is 16.6. The zero-order chi connectivity index (χ0) is 16.9. The monoisotopic (exact) mass is 318 g/mol. The number of benzene rings is 1. The van der Waals surface area contributed by atoms with Gasteiger partial charge in [0, 0.05) is 13.1 Å². The number of rotatable bonds is 3. The Balaban J connectivity index is 2.22. The molecule has 0 radical (unpaired) electrons. The molecule has 126 valence electrons. The summed E-state index contributed by atoms with van der Waals surface area (Å²) < 4.78 is 5.52. The van der Waals surface area contributed by atoms with Crippen molar-refractivity contribution < 1.29 is 14.3 Å². The number of hydrogen-bond donors (Lipinski definition) is 1. The molecule has 1 aliphatic rings. The van der Waals surface area contributed by atoms with E-state index in [1.165, 1.54) is 0 Å². The van der Waals surface area contributed by atoms with Crippen LogP contribution in [0, 0.1) is 0 Å². The molecule has 1 fully saturated rings. The van der Waals surface area contributed by atoms with Crippen LogP contribution in [0.2, 0.25) is 0 Å². The topological polar surface area (TPSA) is 58.6 Å². The first-order chi connectivity index (χ1) is 10.9. The van der Waals surface area contributed by atoms with Gasteiger partial charge in [0.25, 0.3) is 0 Å². The number of ether oxygens (including phenoxy) is 1. The molecule has 0 spiro atoms. The van der Waals surface area contributed by atoms with E-state index in [1.807, 2.05) is 51.1 Å². The van der Waals surface area contributed by atoms with E-state index in [-0.39, 0.29) is 5.91 Å². The summed E-state index contributed by atoms with van der Waals surface area (Å²) in [4.78, 5) is 26.6. The van der Waals surface area contributed by atoms with E-state index in [2.05, 4.69) is 5.32 Å². The van der Waals surface area contributed by atoms with Crippen molar-refractivity contribution >= 4 is 12.0 Å². The Kier molecular flexibility index (Phi) is 5.64. The quantitative estimate of drug-likeness (QED) is 0.931. The van der Waals surface area contributed by atoms with Crippen molar-refractivity contribution in [3.63, 3.8) is 0 Å². The summed E-state index contributed by atoms with van der Waals surface area (Å²) >= 11 is 0. The fourth-order valence-corrected chi connectivity index (χ4v) is 2.62. The molecule has 2 rings (SSSR count). The first kappa shape index (κ1) is 17.3. The fraction of sp³-hybridized carbons (Fsp3) is 0.556. The summed E-state index contributed by atoms with van der Waals surface area (Å²) in [6.45, 7) is 6.53. The molecular formula is C18H26N2O3. The van der Waals surface area contributed by atoms with Gasteiger partial charge in [0.1, 0.15) is 11.6 Å². The minimum absolute atomic E-state index is 0.0932. The zero-order valence-corrected chi connectivity index (χ0v) is 14.2.